The largest absolute Gasteiger partial charge is 0.376 e. The fourth-order valence-corrected chi connectivity index (χ4v) is 3.61. The molecule has 1 fully saturated rings. The smallest absolute Gasteiger partial charge is 0.315 e. The number of carbonyl (C=O) groups is 1. The standard InChI is InChI=1S/C16H24N4O2S/c21-15(17-7-9-22-14-5-3-1-2-4-6-14)18-11-13-12-20-8-10-23-16(20)19-13/h8,10,12,14H,1-7,9,11H2,(H2,17,18,21). The molecule has 1 saturated carbocycles. The number of urea groups is 1. The molecule has 2 N–H and O–H groups in total. The van der Waals surface area contributed by atoms with Gasteiger partial charge in [-0.1, -0.05) is 25.7 Å². The molecule has 1 aliphatic rings. The highest BCUT2D eigenvalue weighted by Crippen LogP contribution is 2.19. The van der Waals surface area contributed by atoms with E-state index < -0.39 is 0 Å². The number of thiazole rings is 1. The lowest BCUT2D eigenvalue weighted by Crippen LogP contribution is -2.37. The van der Waals surface area contributed by atoms with Crippen LogP contribution in [0.2, 0.25) is 0 Å². The predicted molar refractivity (Wildman–Crippen MR) is 90.7 cm³/mol. The average molecular weight is 336 g/mol. The Kier molecular flexibility index (Phi) is 5.87. The van der Waals surface area contributed by atoms with Gasteiger partial charge in [-0.05, 0) is 12.8 Å². The first-order valence-corrected chi connectivity index (χ1v) is 9.23. The first kappa shape index (κ1) is 16.3. The molecule has 2 heterocycles. The van der Waals surface area contributed by atoms with Gasteiger partial charge in [0.15, 0.2) is 4.96 Å². The van der Waals surface area contributed by atoms with Gasteiger partial charge in [0.25, 0.3) is 0 Å². The summed E-state index contributed by atoms with van der Waals surface area (Å²) in [7, 11) is 0. The Morgan fingerprint density at radius 2 is 2.13 bits per heavy atom. The minimum atomic E-state index is -0.175. The van der Waals surface area contributed by atoms with Crippen molar-refractivity contribution in [3.05, 3.63) is 23.5 Å². The van der Waals surface area contributed by atoms with Crippen molar-refractivity contribution >= 4 is 22.3 Å². The summed E-state index contributed by atoms with van der Waals surface area (Å²) in [5.74, 6) is 0. The molecule has 6 nitrogen and oxygen atoms in total. The minimum Gasteiger partial charge on any atom is -0.376 e. The van der Waals surface area contributed by atoms with E-state index in [1.165, 1.54) is 25.7 Å². The van der Waals surface area contributed by atoms with E-state index in [2.05, 4.69) is 15.6 Å². The van der Waals surface area contributed by atoms with Crippen LogP contribution in [-0.2, 0) is 11.3 Å². The Hall–Kier alpha value is -1.60. The highest BCUT2D eigenvalue weighted by atomic mass is 32.1. The molecular weight excluding hydrogens is 312 g/mol. The molecule has 0 aromatic carbocycles. The molecule has 0 bridgehead atoms. The number of hydrogen-bond acceptors (Lipinski definition) is 4. The van der Waals surface area contributed by atoms with Crippen molar-refractivity contribution in [2.75, 3.05) is 13.2 Å². The van der Waals surface area contributed by atoms with Gasteiger partial charge in [-0.3, -0.25) is 4.40 Å². The highest BCUT2D eigenvalue weighted by molar-refractivity contribution is 7.15. The third-order valence-electron chi connectivity index (χ3n) is 4.12. The first-order valence-electron chi connectivity index (χ1n) is 8.35. The van der Waals surface area contributed by atoms with Crippen LogP contribution in [0.5, 0.6) is 0 Å². The van der Waals surface area contributed by atoms with Gasteiger partial charge < -0.3 is 15.4 Å². The van der Waals surface area contributed by atoms with Crippen molar-refractivity contribution < 1.29 is 9.53 Å². The van der Waals surface area contributed by atoms with E-state index in [1.54, 1.807) is 11.3 Å². The normalized spacial score (nSPS) is 16.3. The van der Waals surface area contributed by atoms with Crippen LogP contribution in [0.1, 0.15) is 44.2 Å². The van der Waals surface area contributed by atoms with E-state index in [9.17, 15) is 4.79 Å². The van der Waals surface area contributed by atoms with Gasteiger partial charge >= 0.3 is 6.03 Å². The Morgan fingerprint density at radius 1 is 1.30 bits per heavy atom. The van der Waals surface area contributed by atoms with Crippen LogP contribution in [0.15, 0.2) is 17.8 Å². The molecule has 126 valence electrons. The molecule has 23 heavy (non-hydrogen) atoms. The van der Waals surface area contributed by atoms with Crippen molar-refractivity contribution in [1.82, 2.24) is 20.0 Å². The number of amides is 2. The Balaban J connectivity index is 1.29. The second-order valence-corrected chi connectivity index (χ2v) is 6.79. The number of carbonyl (C=O) groups excluding carboxylic acids is 1. The SMILES string of the molecule is O=C(NCCOC1CCCCCC1)NCc1cn2ccsc2n1. The van der Waals surface area contributed by atoms with Crippen LogP contribution in [0.4, 0.5) is 4.79 Å². The van der Waals surface area contributed by atoms with Crippen molar-refractivity contribution in [2.24, 2.45) is 0 Å². The maximum Gasteiger partial charge on any atom is 0.315 e. The molecule has 3 rings (SSSR count). The summed E-state index contributed by atoms with van der Waals surface area (Å²) in [5, 5.41) is 7.64. The average Bonchev–Trinajstić information content (AvgIpc) is 3.03. The van der Waals surface area contributed by atoms with E-state index in [4.69, 9.17) is 4.74 Å². The molecule has 2 amide bonds. The zero-order valence-electron chi connectivity index (χ0n) is 13.3. The third kappa shape index (κ3) is 4.94. The molecule has 0 atom stereocenters. The molecule has 0 saturated heterocycles. The molecule has 0 unspecified atom stereocenters. The van der Waals surface area contributed by atoms with E-state index in [0.717, 1.165) is 23.5 Å². The van der Waals surface area contributed by atoms with Crippen LogP contribution in [0, 0.1) is 0 Å². The number of rotatable bonds is 6. The van der Waals surface area contributed by atoms with Gasteiger partial charge in [-0.15, -0.1) is 11.3 Å². The maximum absolute atomic E-state index is 11.8. The zero-order valence-corrected chi connectivity index (χ0v) is 14.1. The van der Waals surface area contributed by atoms with Gasteiger partial charge in [-0.25, -0.2) is 9.78 Å². The molecule has 0 radical (unpaired) electrons. The number of fused-ring (bicyclic) bond motifs is 1. The van der Waals surface area contributed by atoms with Crippen molar-refractivity contribution in [3.63, 3.8) is 0 Å². The minimum absolute atomic E-state index is 0.175. The fraction of sp³-hybridized carbons (Fsp3) is 0.625. The van der Waals surface area contributed by atoms with E-state index in [-0.39, 0.29) is 6.03 Å². The summed E-state index contributed by atoms with van der Waals surface area (Å²) in [6.45, 7) is 1.56. The van der Waals surface area contributed by atoms with Gasteiger partial charge in [0.2, 0.25) is 0 Å². The number of aromatic nitrogens is 2. The second kappa shape index (κ2) is 8.31. The second-order valence-electron chi connectivity index (χ2n) is 5.92. The first-order chi connectivity index (χ1) is 11.3. The van der Waals surface area contributed by atoms with Crippen LogP contribution >= 0.6 is 11.3 Å². The summed E-state index contributed by atoms with van der Waals surface area (Å²) in [4.78, 5) is 17.1. The topological polar surface area (TPSA) is 67.7 Å². The molecule has 2 aromatic heterocycles. The molecule has 7 heteroatoms. The molecule has 0 aliphatic heterocycles. The van der Waals surface area contributed by atoms with Crippen LogP contribution in [0.3, 0.4) is 0 Å². The predicted octanol–water partition coefficient (Wildman–Crippen LogP) is 2.93. The summed E-state index contributed by atoms with van der Waals surface area (Å²) in [5.41, 5.74) is 0.863. The van der Waals surface area contributed by atoms with Gasteiger partial charge in [-0.2, -0.15) is 0 Å². The van der Waals surface area contributed by atoms with Crippen LogP contribution in [-0.4, -0.2) is 34.7 Å². The van der Waals surface area contributed by atoms with Crippen molar-refractivity contribution in [2.45, 2.75) is 51.2 Å². The number of hydrogen-bond donors (Lipinski definition) is 2. The monoisotopic (exact) mass is 336 g/mol. The van der Waals surface area contributed by atoms with Crippen molar-refractivity contribution in [3.8, 4) is 0 Å². The number of nitrogens with zero attached hydrogens (tertiary/aromatic N) is 2. The summed E-state index contributed by atoms with van der Waals surface area (Å²) >= 11 is 1.58. The summed E-state index contributed by atoms with van der Waals surface area (Å²) in [6.07, 6.45) is 11.8. The van der Waals surface area contributed by atoms with Gasteiger partial charge in [0.05, 0.1) is 24.9 Å². The van der Waals surface area contributed by atoms with Crippen molar-refractivity contribution in [1.29, 1.82) is 0 Å². The summed E-state index contributed by atoms with van der Waals surface area (Å²) < 4.78 is 7.81. The maximum atomic E-state index is 11.8. The van der Waals surface area contributed by atoms with Crippen LogP contribution in [0.25, 0.3) is 4.96 Å². The Morgan fingerprint density at radius 3 is 2.91 bits per heavy atom. The quantitative estimate of drug-likeness (QED) is 0.629. The van der Waals surface area contributed by atoms with E-state index in [0.29, 0.717) is 25.8 Å². The van der Waals surface area contributed by atoms with Crippen LogP contribution < -0.4 is 10.6 Å². The molecular formula is C16H24N4O2S. The fourth-order valence-electron chi connectivity index (χ4n) is 2.89. The number of nitrogens with one attached hydrogen (secondary N) is 2. The van der Waals surface area contributed by atoms with Gasteiger partial charge in [0, 0.05) is 24.3 Å². The van der Waals surface area contributed by atoms with Gasteiger partial charge in [0.1, 0.15) is 0 Å². The third-order valence-corrected chi connectivity index (χ3v) is 4.89. The number of imidazole rings is 1. The lowest BCUT2D eigenvalue weighted by molar-refractivity contribution is 0.0460. The lowest BCUT2D eigenvalue weighted by Gasteiger charge is -2.15. The number of ether oxygens (including phenoxy) is 1. The Labute approximate surface area is 140 Å². The Bertz CT molecular complexity index is 588. The molecule has 0 spiro atoms. The molecule has 1 aliphatic carbocycles. The molecule has 2 aromatic rings. The zero-order chi connectivity index (χ0) is 15.9. The highest BCUT2D eigenvalue weighted by Gasteiger charge is 2.12. The lowest BCUT2D eigenvalue weighted by atomic mass is 10.1. The van der Waals surface area contributed by atoms with E-state index in [1.807, 2.05) is 22.2 Å². The van der Waals surface area contributed by atoms with E-state index >= 15 is 0 Å². The summed E-state index contributed by atoms with van der Waals surface area (Å²) in [6, 6.07) is -0.175.